The summed E-state index contributed by atoms with van der Waals surface area (Å²) in [6, 6.07) is 16.6. The number of benzene rings is 2. The summed E-state index contributed by atoms with van der Waals surface area (Å²) in [5.41, 5.74) is 6.83. The molecule has 1 heterocycles. The van der Waals surface area contributed by atoms with Crippen LogP contribution in [0.25, 0.3) is 17.2 Å². The standard InChI is InChI=1S/C23H23N3O2/c1-16-22(26-15-25-16)12-6-7-13-24-23(27)28-14-21-19-10-4-2-8-17(19)18-9-3-5-11-20(18)21/h2-6,8-12,15,21H,7,13-14H2,1H3,(H,24,27)(H,25,26). The zero-order chi connectivity index (χ0) is 19.3. The van der Waals surface area contributed by atoms with Gasteiger partial charge < -0.3 is 15.0 Å². The molecular weight excluding hydrogens is 350 g/mol. The number of aromatic amines is 1. The van der Waals surface area contributed by atoms with E-state index < -0.39 is 0 Å². The fraction of sp³-hybridized carbons (Fsp3) is 0.217. The Balaban J connectivity index is 1.29. The Morgan fingerprint density at radius 2 is 1.82 bits per heavy atom. The highest BCUT2D eigenvalue weighted by Crippen LogP contribution is 2.44. The second kappa shape index (κ2) is 8.13. The molecular formula is C23H23N3O2. The lowest BCUT2D eigenvalue weighted by Crippen LogP contribution is -2.26. The number of imidazole rings is 1. The first-order valence-corrected chi connectivity index (χ1v) is 9.49. The topological polar surface area (TPSA) is 67.0 Å². The van der Waals surface area contributed by atoms with Gasteiger partial charge in [0.1, 0.15) is 6.61 Å². The van der Waals surface area contributed by atoms with Crippen molar-refractivity contribution in [3.63, 3.8) is 0 Å². The summed E-state index contributed by atoms with van der Waals surface area (Å²) in [4.78, 5) is 19.3. The fourth-order valence-electron chi connectivity index (χ4n) is 3.64. The number of aryl methyl sites for hydroxylation is 1. The number of hydrogen-bond acceptors (Lipinski definition) is 3. The number of nitrogens with zero attached hydrogens (tertiary/aromatic N) is 1. The number of rotatable bonds is 6. The first-order valence-electron chi connectivity index (χ1n) is 9.49. The van der Waals surface area contributed by atoms with Crippen LogP contribution in [0.2, 0.25) is 0 Å². The Hall–Kier alpha value is -3.34. The van der Waals surface area contributed by atoms with E-state index in [0.717, 1.165) is 17.8 Å². The molecule has 5 nitrogen and oxygen atoms in total. The Morgan fingerprint density at radius 1 is 1.14 bits per heavy atom. The lowest BCUT2D eigenvalue weighted by molar-refractivity contribution is 0.143. The Bertz CT molecular complexity index is 961. The van der Waals surface area contributed by atoms with Crippen LogP contribution < -0.4 is 5.32 Å². The van der Waals surface area contributed by atoms with E-state index in [9.17, 15) is 4.79 Å². The van der Waals surface area contributed by atoms with Crippen molar-refractivity contribution in [2.45, 2.75) is 19.3 Å². The van der Waals surface area contributed by atoms with E-state index in [4.69, 9.17) is 4.74 Å². The van der Waals surface area contributed by atoms with E-state index in [1.165, 1.54) is 22.3 Å². The van der Waals surface area contributed by atoms with Gasteiger partial charge in [0.15, 0.2) is 0 Å². The van der Waals surface area contributed by atoms with Crippen LogP contribution in [0.1, 0.15) is 34.9 Å². The second-order valence-electron chi connectivity index (χ2n) is 6.86. The van der Waals surface area contributed by atoms with Gasteiger partial charge in [0.2, 0.25) is 0 Å². The molecule has 1 amide bonds. The number of hydrogen-bond donors (Lipinski definition) is 2. The maximum atomic E-state index is 12.1. The van der Waals surface area contributed by atoms with Gasteiger partial charge in [-0.3, -0.25) is 0 Å². The van der Waals surface area contributed by atoms with Crippen LogP contribution in [0.4, 0.5) is 4.79 Å². The van der Waals surface area contributed by atoms with Gasteiger partial charge in [0, 0.05) is 18.2 Å². The number of H-pyrrole nitrogens is 1. The van der Waals surface area contributed by atoms with E-state index in [-0.39, 0.29) is 12.0 Å². The summed E-state index contributed by atoms with van der Waals surface area (Å²) >= 11 is 0. The summed E-state index contributed by atoms with van der Waals surface area (Å²) < 4.78 is 5.52. The molecule has 4 rings (SSSR count). The maximum absolute atomic E-state index is 12.1. The summed E-state index contributed by atoms with van der Waals surface area (Å²) in [6.07, 6.45) is 5.95. The molecule has 0 unspecified atom stereocenters. The van der Waals surface area contributed by atoms with Crippen LogP contribution in [-0.4, -0.2) is 29.2 Å². The molecule has 0 bridgehead atoms. The van der Waals surface area contributed by atoms with E-state index >= 15 is 0 Å². The lowest BCUT2D eigenvalue weighted by atomic mass is 9.98. The largest absolute Gasteiger partial charge is 0.449 e. The minimum absolute atomic E-state index is 0.0840. The molecule has 0 aliphatic heterocycles. The maximum Gasteiger partial charge on any atom is 0.407 e. The molecule has 3 aromatic rings. The Kier molecular flexibility index (Phi) is 5.24. The quantitative estimate of drug-likeness (QED) is 0.618. The van der Waals surface area contributed by atoms with Crippen molar-refractivity contribution in [3.8, 4) is 11.1 Å². The molecule has 1 aliphatic rings. The average Bonchev–Trinajstić information content (AvgIpc) is 3.27. The highest BCUT2D eigenvalue weighted by molar-refractivity contribution is 5.79. The summed E-state index contributed by atoms with van der Waals surface area (Å²) in [7, 11) is 0. The SMILES string of the molecule is Cc1[nH]cnc1C=CCCNC(=O)OCC1c2ccccc2-c2ccccc21. The van der Waals surface area contributed by atoms with Crippen molar-refractivity contribution >= 4 is 12.2 Å². The van der Waals surface area contributed by atoms with Gasteiger partial charge in [-0.05, 0) is 41.7 Å². The van der Waals surface area contributed by atoms with Crippen molar-refractivity contribution < 1.29 is 9.53 Å². The molecule has 0 radical (unpaired) electrons. The van der Waals surface area contributed by atoms with Gasteiger partial charge in [-0.1, -0.05) is 54.6 Å². The summed E-state index contributed by atoms with van der Waals surface area (Å²) in [5.74, 6) is 0.0840. The van der Waals surface area contributed by atoms with Crippen molar-refractivity contribution in [2.75, 3.05) is 13.2 Å². The minimum Gasteiger partial charge on any atom is -0.449 e. The van der Waals surface area contributed by atoms with Crippen LogP contribution >= 0.6 is 0 Å². The number of aromatic nitrogens is 2. The second-order valence-corrected chi connectivity index (χ2v) is 6.86. The molecule has 1 aromatic heterocycles. The van der Waals surface area contributed by atoms with E-state index in [0.29, 0.717) is 13.2 Å². The number of carbonyl (C=O) groups excluding carboxylic acids is 1. The highest BCUT2D eigenvalue weighted by Gasteiger charge is 2.28. The van der Waals surface area contributed by atoms with Crippen LogP contribution in [0.5, 0.6) is 0 Å². The van der Waals surface area contributed by atoms with Crippen molar-refractivity contribution in [2.24, 2.45) is 0 Å². The van der Waals surface area contributed by atoms with E-state index in [2.05, 4.69) is 39.6 Å². The van der Waals surface area contributed by atoms with Crippen molar-refractivity contribution in [1.29, 1.82) is 0 Å². The van der Waals surface area contributed by atoms with Crippen molar-refractivity contribution in [1.82, 2.24) is 15.3 Å². The molecule has 5 heteroatoms. The minimum atomic E-state index is -0.383. The zero-order valence-corrected chi connectivity index (χ0v) is 15.8. The lowest BCUT2D eigenvalue weighted by Gasteiger charge is -2.14. The molecule has 2 N–H and O–H groups in total. The number of fused-ring (bicyclic) bond motifs is 3. The molecule has 0 atom stereocenters. The monoisotopic (exact) mass is 373 g/mol. The van der Waals surface area contributed by atoms with Crippen LogP contribution in [0.15, 0.2) is 60.9 Å². The van der Waals surface area contributed by atoms with E-state index in [1.54, 1.807) is 6.33 Å². The number of carbonyl (C=O) groups is 1. The summed E-state index contributed by atoms with van der Waals surface area (Å²) in [5, 5.41) is 2.81. The number of amides is 1. The average molecular weight is 373 g/mol. The molecule has 0 spiro atoms. The number of nitrogens with one attached hydrogen (secondary N) is 2. The third-order valence-electron chi connectivity index (χ3n) is 5.07. The predicted octanol–water partition coefficient (Wildman–Crippen LogP) is 4.66. The van der Waals surface area contributed by atoms with Gasteiger partial charge >= 0.3 is 6.09 Å². The third-order valence-corrected chi connectivity index (χ3v) is 5.07. The Morgan fingerprint density at radius 3 is 2.46 bits per heavy atom. The van der Waals surface area contributed by atoms with Gasteiger partial charge in [0.25, 0.3) is 0 Å². The smallest absolute Gasteiger partial charge is 0.407 e. The number of alkyl carbamates (subject to hydrolysis) is 1. The van der Waals surface area contributed by atoms with Crippen LogP contribution in [-0.2, 0) is 4.74 Å². The summed E-state index contributed by atoms with van der Waals surface area (Å²) in [6.45, 7) is 2.83. The van der Waals surface area contributed by atoms with Crippen LogP contribution in [0, 0.1) is 6.92 Å². The first-order chi connectivity index (χ1) is 13.7. The Labute approximate surface area is 164 Å². The zero-order valence-electron chi connectivity index (χ0n) is 15.8. The van der Waals surface area contributed by atoms with Crippen LogP contribution in [0.3, 0.4) is 0 Å². The van der Waals surface area contributed by atoms with Gasteiger partial charge in [-0.2, -0.15) is 0 Å². The molecule has 1 aliphatic carbocycles. The number of ether oxygens (including phenoxy) is 1. The first kappa shape index (κ1) is 18.0. The molecule has 0 saturated carbocycles. The van der Waals surface area contributed by atoms with Gasteiger partial charge in [-0.15, -0.1) is 0 Å². The van der Waals surface area contributed by atoms with E-state index in [1.807, 2.05) is 43.3 Å². The van der Waals surface area contributed by atoms with Gasteiger partial charge in [0.05, 0.1) is 12.0 Å². The van der Waals surface area contributed by atoms with Crippen molar-refractivity contribution in [3.05, 3.63) is 83.4 Å². The molecule has 142 valence electrons. The fourth-order valence-corrected chi connectivity index (χ4v) is 3.64. The molecule has 2 aromatic carbocycles. The highest BCUT2D eigenvalue weighted by atomic mass is 16.5. The molecule has 0 fully saturated rings. The molecule has 0 saturated heterocycles. The predicted molar refractivity (Wildman–Crippen MR) is 110 cm³/mol. The normalized spacial score (nSPS) is 12.8. The molecule has 28 heavy (non-hydrogen) atoms. The van der Waals surface area contributed by atoms with Gasteiger partial charge in [-0.25, -0.2) is 9.78 Å². The third kappa shape index (κ3) is 3.69.